The SMILES string of the molecule is CCNC(=O)c1ccc2cc(-c3ccc(OC)c(C45CC6CC(CC(C6)C4)C5)c3)ccc2c1. The smallest absolute Gasteiger partial charge is 0.251 e. The second-order valence-electron chi connectivity index (χ2n) is 10.7. The maximum atomic E-state index is 12.2. The van der Waals surface area contributed by atoms with Crippen LogP contribution in [0.25, 0.3) is 21.9 Å². The summed E-state index contributed by atoms with van der Waals surface area (Å²) in [4.78, 5) is 12.2. The van der Waals surface area contributed by atoms with Gasteiger partial charge in [0.1, 0.15) is 5.75 Å². The van der Waals surface area contributed by atoms with Crippen LogP contribution in [0, 0.1) is 17.8 Å². The Morgan fingerprint density at radius 3 is 2.15 bits per heavy atom. The van der Waals surface area contributed by atoms with Crippen LogP contribution in [0.5, 0.6) is 5.75 Å². The lowest BCUT2D eigenvalue weighted by molar-refractivity contribution is -0.00613. The van der Waals surface area contributed by atoms with E-state index in [1.54, 1.807) is 0 Å². The summed E-state index contributed by atoms with van der Waals surface area (Å²) in [5, 5.41) is 5.14. The first-order valence-corrected chi connectivity index (χ1v) is 12.6. The van der Waals surface area contributed by atoms with E-state index in [2.05, 4.69) is 47.8 Å². The van der Waals surface area contributed by atoms with Crippen LogP contribution in [0.15, 0.2) is 54.6 Å². The summed E-state index contributed by atoms with van der Waals surface area (Å²) in [6.45, 7) is 2.58. The molecule has 3 heteroatoms. The third kappa shape index (κ3) is 3.53. The van der Waals surface area contributed by atoms with Crippen LogP contribution in [0.3, 0.4) is 0 Å². The van der Waals surface area contributed by atoms with Crippen LogP contribution in [0.4, 0.5) is 0 Å². The van der Waals surface area contributed by atoms with Crippen molar-refractivity contribution < 1.29 is 9.53 Å². The van der Waals surface area contributed by atoms with E-state index in [9.17, 15) is 4.79 Å². The lowest BCUT2D eigenvalue weighted by Crippen LogP contribution is -2.48. The summed E-state index contributed by atoms with van der Waals surface area (Å²) < 4.78 is 5.91. The molecular formula is C30H33NO2. The third-order valence-corrected chi connectivity index (χ3v) is 8.58. The van der Waals surface area contributed by atoms with Gasteiger partial charge in [-0.2, -0.15) is 0 Å². The molecule has 1 amide bonds. The Bertz CT molecular complexity index is 1190. The van der Waals surface area contributed by atoms with Gasteiger partial charge in [0.2, 0.25) is 0 Å². The van der Waals surface area contributed by atoms with Gasteiger partial charge in [-0.05, 0) is 121 Å². The van der Waals surface area contributed by atoms with Crippen molar-refractivity contribution in [2.45, 2.75) is 50.9 Å². The number of benzene rings is 3. The minimum absolute atomic E-state index is 0.0150. The number of methoxy groups -OCH3 is 1. The van der Waals surface area contributed by atoms with Gasteiger partial charge in [-0.25, -0.2) is 0 Å². The Kier molecular flexibility index (Phi) is 4.97. The topological polar surface area (TPSA) is 38.3 Å². The average molecular weight is 440 g/mol. The fraction of sp³-hybridized carbons (Fsp3) is 0.433. The van der Waals surface area contributed by atoms with E-state index in [-0.39, 0.29) is 5.91 Å². The van der Waals surface area contributed by atoms with E-state index in [1.807, 2.05) is 26.2 Å². The van der Waals surface area contributed by atoms with E-state index in [0.717, 1.165) is 34.3 Å². The quantitative estimate of drug-likeness (QED) is 0.478. The Labute approximate surface area is 196 Å². The second kappa shape index (κ2) is 7.90. The van der Waals surface area contributed by atoms with Crippen molar-refractivity contribution in [3.8, 4) is 16.9 Å². The molecule has 0 unspecified atom stereocenters. The summed E-state index contributed by atoms with van der Waals surface area (Å²) in [5.41, 5.74) is 4.94. The maximum absolute atomic E-state index is 12.2. The first-order chi connectivity index (χ1) is 16.1. The molecule has 4 bridgehead atoms. The average Bonchev–Trinajstić information content (AvgIpc) is 2.82. The highest BCUT2D eigenvalue weighted by Crippen LogP contribution is 2.62. The van der Waals surface area contributed by atoms with Gasteiger partial charge in [-0.1, -0.05) is 24.3 Å². The van der Waals surface area contributed by atoms with E-state index >= 15 is 0 Å². The summed E-state index contributed by atoms with van der Waals surface area (Å²) in [6, 6.07) is 19.4. The number of carbonyl (C=O) groups is 1. The van der Waals surface area contributed by atoms with Gasteiger partial charge in [0.25, 0.3) is 5.91 Å². The molecule has 4 aliphatic rings. The minimum Gasteiger partial charge on any atom is -0.496 e. The van der Waals surface area contributed by atoms with Crippen molar-refractivity contribution in [1.82, 2.24) is 5.32 Å². The monoisotopic (exact) mass is 439 g/mol. The highest BCUT2D eigenvalue weighted by Gasteiger charge is 2.52. The predicted molar refractivity (Wildman–Crippen MR) is 134 cm³/mol. The van der Waals surface area contributed by atoms with Crippen molar-refractivity contribution in [2.24, 2.45) is 17.8 Å². The van der Waals surface area contributed by atoms with Gasteiger partial charge in [0, 0.05) is 17.7 Å². The number of ether oxygens (including phenoxy) is 1. The number of hydrogen-bond acceptors (Lipinski definition) is 2. The molecule has 0 atom stereocenters. The number of nitrogens with one attached hydrogen (secondary N) is 1. The van der Waals surface area contributed by atoms with E-state index < -0.39 is 0 Å². The maximum Gasteiger partial charge on any atom is 0.251 e. The van der Waals surface area contributed by atoms with Gasteiger partial charge < -0.3 is 10.1 Å². The fourth-order valence-corrected chi connectivity index (χ4v) is 7.57. The molecule has 0 spiro atoms. The van der Waals surface area contributed by atoms with Crippen LogP contribution >= 0.6 is 0 Å². The van der Waals surface area contributed by atoms with Crippen LogP contribution in [-0.4, -0.2) is 19.6 Å². The molecule has 7 rings (SSSR count). The van der Waals surface area contributed by atoms with Crippen LogP contribution in [0.2, 0.25) is 0 Å². The van der Waals surface area contributed by atoms with Crippen molar-refractivity contribution in [1.29, 1.82) is 0 Å². The molecule has 0 saturated heterocycles. The number of rotatable bonds is 5. The highest BCUT2D eigenvalue weighted by atomic mass is 16.5. The zero-order valence-corrected chi connectivity index (χ0v) is 19.7. The summed E-state index contributed by atoms with van der Waals surface area (Å²) in [5.74, 6) is 3.77. The summed E-state index contributed by atoms with van der Waals surface area (Å²) in [6.07, 6.45) is 8.34. The van der Waals surface area contributed by atoms with Gasteiger partial charge in [-0.3, -0.25) is 4.79 Å². The molecule has 4 aliphatic carbocycles. The van der Waals surface area contributed by atoms with Crippen molar-refractivity contribution >= 4 is 16.7 Å². The molecule has 3 nitrogen and oxygen atoms in total. The zero-order chi connectivity index (χ0) is 22.6. The molecule has 4 fully saturated rings. The molecule has 3 aromatic carbocycles. The fourth-order valence-electron chi connectivity index (χ4n) is 7.57. The molecule has 0 radical (unpaired) electrons. The zero-order valence-electron chi connectivity index (χ0n) is 19.7. The van der Waals surface area contributed by atoms with Gasteiger partial charge in [0.15, 0.2) is 0 Å². The molecule has 1 N–H and O–H groups in total. The standard InChI is InChI=1S/C30H33NO2/c1-3-31-29(32)26-7-6-22-13-23(4-5-24(22)14-26)25-8-9-28(33-2)27(15-25)30-16-19-10-20(17-30)12-21(11-19)18-30/h4-9,13-15,19-21H,3,10-12,16-18H2,1-2H3,(H,31,32). The molecule has 3 aromatic rings. The number of amides is 1. The number of fused-ring (bicyclic) bond motifs is 1. The van der Waals surface area contributed by atoms with Crippen molar-refractivity contribution in [3.05, 3.63) is 65.7 Å². The van der Waals surface area contributed by atoms with Gasteiger partial charge in [0.05, 0.1) is 7.11 Å². The molecule has 0 aliphatic heterocycles. The molecule has 0 heterocycles. The molecular weight excluding hydrogens is 406 g/mol. The first-order valence-electron chi connectivity index (χ1n) is 12.6. The van der Waals surface area contributed by atoms with Crippen LogP contribution in [-0.2, 0) is 5.41 Å². The van der Waals surface area contributed by atoms with E-state index in [4.69, 9.17) is 4.74 Å². The molecule has 4 saturated carbocycles. The number of carbonyl (C=O) groups excluding carboxylic acids is 1. The van der Waals surface area contributed by atoms with Crippen molar-refractivity contribution in [2.75, 3.05) is 13.7 Å². The first kappa shape index (κ1) is 20.8. The molecule has 170 valence electrons. The second-order valence-corrected chi connectivity index (χ2v) is 10.7. The Morgan fingerprint density at radius 1 is 0.879 bits per heavy atom. The summed E-state index contributed by atoms with van der Waals surface area (Å²) in [7, 11) is 1.82. The normalized spacial score (nSPS) is 27.6. The van der Waals surface area contributed by atoms with Gasteiger partial charge in [-0.15, -0.1) is 0 Å². The minimum atomic E-state index is -0.0150. The van der Waals surface area contributed by atoms with E-state index in [0.29, 0.717) is 17.5 Å². The van der Waals surface area contributed by atoms with E-state index in [1.165, 1.54) is 55.2 Å². The Morgan fingerprint density at radius 2 is 1.48 bits per heavy atom. The van der Waals surface area contributed by atoms with Crippen molar-refractivity contribution in [3.63, 3.8) is 0 Å². The predicted octanol–water partition coefficient (Wildman–Crippen LogP) is 6.73. The van der Waals surface area contributed by atoms with Crippen LogP contribution < -0.4 is 10.1 Å². The third-order valence-electron chi connectivity index (χ3n) is 8.58. The lowest BCUT2D eigenvalue weighted by Gasteiger charge is -2.57. The Balaban J connectivity index is 1.38. The van der Waals surface area contributed by atoms with Crippen LogP contribution in [0.1, 0.15) is 61.4 Å². The molecule has 33 heavy (non-hydrogen) atoms. The summed E-state index contributed by atoms with van der Waals surface area (Å²) >= 11 is 0. The van der Waals surface area contributed by atoms with Gasteiger partial charge >= 0.3 is 0 Å². The Hall–Kier alpha value is -2.81. The highest BCUT2D eigenvalue weighted by molar-refractivity contribution is 5.99. The number of hydrogen-bond donors (Lipinski definition) is 1. The largest absolute Gasteiger partial charge is 0.496 e. The molecule has 0 aromatic heterocycles. The lowest BCUT2D eigenvalue weighted by atomic mass is 9.48.